The molecule has 0 amide bonds. The monoisotopic (exact) mass is 480 g/mol. The van der Waals surface area contributed by atoms with E-state index in [4.69, 9.17) is 16.3 Å². The Morgan fingerprint density at radius 1 is 1.09 bits per heavy atom. The van der Waals surface area contributed by atoms with E-state index in [2.05, 4.69) is 9.97 Å². The van der Waals surface area contributed by atoms with Crippen LogP contribution in [0.5, 0.6) is 11.5 Å². The van der Waals surface area contributed by atoms with Gasteiger partial charge in [0.2, 0.25) is 0 Å². The van der Waals surface area contributed by atoms with E-state index in [9.17, 15) is 14.7 Å². The van der Waals surface area contributed by atoms with Gasteiger partial charge in [-0.1, -0.05) is 37.1 Å². The van der Waals surface area contributed by atoms with Crippen molar-refractivity contribution in [2.45, 2.75) is 39.3 Å². The van der Waals surface area contributed by atoms with E-state index in [0.29, 0.717) is 22.8 Å². The third-order valence-corrected chi connectivity index (χ3v) is 5.92. The van der Waals surface area contributed by atoms with Gasteiger partial charge < -0.3 is 9.84 Å². The van der Waals surface area contributed by atoms with Crippen LogP contribution in [-0.4, -0.2) is 24.2 Å². The average Bonchev–Trinajstić information content (AvgIpc) is 2.84. The van der Waals surface area contributed by atoms with E-state index >= 15 is 0 Å². The van der Waals surface area contributed by atoms with E-state index < -0.39 is 17.4 Å². The lowest BCUT2D eigenvalue weighted by Gasteiger charge is -2.20. The van der Waals surface area contributed by atoms with Gasteiger partial charge in [0.05, 0.1) is 17.8 Å². The normalized spacial score (nSPS) is 12.1. The van der Waals surface area contributed by atoms with Gasteiger partial charge in [0.25, 0.3) is 5.56 Å². The summed E-state index contributed by atoms with van der Waals surface area (Å²) in [5.41, 5.74) is 0.742. The first-order valence-electron chi connectivity index (χ1n) is 11.0. The van der Waals surface area contributed by atoms with Crippen molar-refractivity contribution >= 4 is 22.6 Å². The maximum Gasteiger partial charge on any atom is 0.332 e. The Hall–Kier alpha value is -3.49. The first-order valence-corrected chi connectivity index (χ1v) is 11.4. The second-order valence-corrected chi connectivity index (χ2v) is 8.51. The summed E-state index contributed by atoms with van der Waals surface area (Å²) in [6.45, 7) is 4.10. The predicted octanol–water partition coefficient (Wildman–Crippen LogP) is 4.13. The number of benzene rings is 1. The second-order valence-electron chi connectivity index (χ2n) is 8.08. The molecule has 0 aliphatic carbocycles. The minimum atomic E-state index is -1.24. The first kappa shape index (κ1) is 23.7. The smallest absolute Gasteiger partial charge is 0.332 e. The van der Waals surface area contributed by atoms with Gasteiger partial charge in [-0.15, -0.1) is 0 Å². The van der Waals surface area contributed by atoms with Gasteiger partial charge in [-0.2, -0.15) is 0 Å². The number of fused-ring (bicyclic) bond motifs is 1. The lowest BCUT2D eigenvalue weighted by atomic mass is 9.98. The Labute approximate surface area is 201 Å². The molecule has 1 N–H and O–H groups in total. The number of halogens is 1. The summed E-state index contributed by atoms with van der Waals surface area (Å²) in [6.07, 6.45) is 3.20. The van der Waals surface area contributed by atoms with Crippen LogP contribution in [0.25, 0.3) is 11.0 Å². The largest absolute Gasteiger partial charge is 0.454 e. The number of pyridine rings is 2. The van der Waals surface area contributed by atoms with Gasteiger partial charge in [0.1, 0.15) is 17.5 Å². The molecule has 4 rings (SSSR count). The van der Waals surface area contributed by atoms with Crippen LogP contribution in [0.4, 0.5) is 0 Å². The summed E-state index contributed by atoms with van der Waals surface area (Å²) in [7, 11) is 1.56. The molecule has 1 aromatic carbocycles. The van der Waals surface area contributed by atoms with Crippen molar-refractivity contribution in [3.05, 3.63) is 91.5 Å². The molecule has 0 saturated carbocycles. The van der Waals surface area contributed by atoms with E-state index in [1.54, 1.807) is 49.6 Å². The standard InChI is InChI=1S/C25H25ClN4O4/c1-4-5-12-30-24(32)21-20(22(31)16-7-9-17(26)10-8-16)19(14-28-23(21)29(3)25(30)33)34-18-11-6-15(2)27-13-18/h6-11,13-14,22,31H,4-5,12H2,1-3H3. The van der Waals surface area contributed by atoms with E-state index in [0.717, 1.165) is 12.1 Å². The lowest BCUT2D eigenvalue weighted by Crippen LogP contribution is -2.40. The number of unbranched alkanes of at least 4 members (excludes halogenated alkanes) is 1. The molecule has 0 fully saturated rings. The summed E-state index contributed by atoms with van der Waals surface area (Å²) in [6, 6.07) is 10.2. The van der Waals surface area contributed by atoms with Gasteiger partial charge in [-0.3, -0.25) is 18.9 Å². The molecule has 9 heteroatoms. The second kappa shape index (κ2) is 9.79. The van der Waals surface area contributed by atoms with Crippen LogP contribution in [-0.2, 0) is 13.6 Å². The van der Waals surface area contributed by atoms with E-state index in [-0.39, 0.29) is 28.9 Å². The van der Waals surface area contributed by atoms with Crippen molar-refractivity contribution in [2.24, 2.45) is 7.05 Å². The van der Waals surface area contributed by atoms with Gasteiger partial charge in [-0.25, -0.2) is 9.78 Å². The number of aryl methyl sites for hydroxylation is 2. The summed E-state index contributed by atoms with van der Waals surface area (Å²) in [5, 5.41) is 12.1. The maximum atomic E-state index is 13.6. The number of ether oxygens (including phenoxy) is 1. The number of hydrogen-bond donors (Lipinski definition) is 1. The van der Waals surface area contributed by atoms with Gasteiger partial charge >= 0.3 is 5.69 Å². The highest BCUT2D eigenvalue weighted by Crippen LogP contribution is 2.36. The van der Waals surface area contributed by atoms with Gasteiger partial charge in [0, 0.05) is 29.9 Å². The molecular weight excluding hydrogens is 456 g/mol. The van der Waals surface area contributed by atoms with Crippen molar-refractivity contribution in [1.82, 2.24) is 19.1 Å². The Kier molecular flexibility index (Phi) is 6.81. The molecule has 0 aliphatic rings. The molecule has 0 aliphatic heterocycles. The summed E-state index contributed by atoms with van der Waals surface area (Å²) in [5.74, 6) is 0.617. The molecule has 3 heterocycles. The van der Waals surface area contributed by atoms with Crippen LogP contribution in [0.2, 0.25) is 5.02 Å². The minimum absolute atomic E-state index is 0.123. The van der Waals surface area contributed by atoms with Crippen LogP contribution in [0.3, 0.4) is 0 Å². The van der Waals surface area contributed by atoms with E-state index in [1.165, 1.54) is 15.3 Å². The number of aliphatic hydroxyl groups is 1. The molecule has 0 spiro atoms. The highest BCUT2D eigenvalue weighted by atomic mass is 35.5. The number of nitrogens with zero attached hydrogens (tertiary/aromatic N) is 4. The van der Waals surface area contributed by atoms with Crippen LogP contribution in [0, 0.1) is 6.92 Å². The molecule has 8 nitrogen and oxygen atoms in total. The van der Waals surface area contributed by atoms with Crippen molar-refractivity contribution in [3.8, 4) is 11.5 Å². The molecule has 0 bridgehead atoms. The topological polar surface area (TPSA) is 99.2 Å². The van der Waals surface area contributed by atoms with Gasteiger partial charge in [-0.05, 0) is 43.2 Å². The predicted molar refractivity (Wildman–Crippen MR) is 131 cm³/mol. The quantitative estimate of drug-likeness (QED) is 0.427. The number of aromatic nitrogens is 4. The van der Waals surface area contributed by atoms with Gasteiger partial charge in [0.15, 0.2) is 5.75 Å². The molecule has 0 saturated heterocycles. The first-order chi connectivity index (χ1) is 16.3. The summed E-state index contributed by atoms with van der Waals surface area (Å²) >= 11 is 6.03. The van der Waals surface area contributed by atoms with Crippen molar-refractivity contribution in [2.75, 3.05) is 0 Å². The fourth-order valence-electron chi connectivity index (χ4n) is 3.78. The minimum Gasteiger partial charge on any atom is -0.454 e. The average molecular weight is 481 g/mol. The number of hydrogen-bond acceptors (Lipinski definition) is 6. The molecular formula is C25H25ClN4O4. The molecule has 34 heavy (non-hydrogen) atoms. The SMILES string of the molecule is CCCCn1c(=O)c2c(C(O)c3ccc(Cl)cc3)c(Oc3ccc(C)nc3)cnc2n(C)c1=O. The Morgan fingerprint density at radius 3 is 2.47 bits per heavy atom. The molecule has 3 aromatic heterocycles. The fraction of sp³-hybridized carbons (Fsp3) is 0.280. The zero-order valence-corrected chi connectivity index (χ0v) is 19.9. The highest BCUT2D eigenvalue weighted by molar-refractivity contribution is 6.30. The molecule has 1 atom stereocenters. The zero-order valence-electron chi connectivity index (χ0n) is 19.2. The number of aliphatic hydroxyl groups excluding tert-OH is 1. The Bertz CT molecular complexity index is 1440. The highest BCUT2D eigenvalue weighted by Gasteiger charge is 2.25. The Morgan fingerprint density at radius 2 is 1.82 bits per heavy atom. The van der Waals surface area contributed by atoms with Crippen molar-refractivity contribution in [3.63, 3.8) is 0 Å². The van der Waals surface area contributed by atoms with E-state index in [1.807, 2.05) is 13.8 Å². The summed E-state index contributed by atoms with van der Waals surface area (Å²) < 4.78 is 8.54. The third kappa shape index (κ3) is 4.47. The van der Waals surface area contributed by atoms with Crippen LogP contribution in [0.15, 0.2) is 58.4 Å². The maximum absolute atomic E-state index is 13.6. The fourth-order valence-corrected chi connectivity index (χ4v) is 3.90. The number of rotatable bonds is 7. The third-order valence-electron chi connectivity index (χ3n) is 5.66. The Balaban J connectivity index is 2.01. The van der Waals surface area contributed by atoms with Crippen molar-refractivity contribution < 1.29 is 9.84 Å². The molecule has 0 radical (unpaired) electrons. The van der Waals surface area contributed by atoms with Crippen LogP contribution < -0.4 is 16.0 Å². The molecule has 1 unspecified atom stereocenters. The van der Waals surface area contributed by atoms with Crippen LogP contribution >= 0.6 is 11.6 Å². The lowest BCUT2D eigenvalue weighted by molar-refractivity contribution is 0.217. The van der Waals surface area contributed by atoms with Crippen LogP contribution in [0.1, 0.15) is 42.7 Å². The molecule has 176 valence electrons. The molecule has 4 aromatic rings. The van der Waals surface area contributed by atoms with Crippen molar-refractivity contribution in [1.29, 1.82) is 0 Å². The summed E-state index contributed by atoms with van der Waals surface area (Å²) in [4.78, 5) is 35.0. The zero-order chi connectivity index (χ0) is 24.4.